The van der Waals surface area contributed by atoms with E-state index in [4.69, 9.17) is 0 Å². The normalized spacial score (nSPS) is 13.4. The number of nitrogens with one attached hydrogen (secondary N) is 2. The lowest BCUT2D eigenvalue weighted by Gasteiger charge is -2.19. The highest BCUT2D eigenvalue weighted by molar-refractivity contribution is 5.86. The maximum Gasteiger partial charge on any atom is 0.157 e. The number of quaternary nitrogens is 1. The van der Waals surface area contributed by atoms with E-state index in [-0.39, 0.29) is 5.06 Å². The Morgan fingerprint density at radius 2 is 2.38 bits per heavy atom. The predicted octanol–water partition coefficient (Wildman–Crippen LogP) is 0.597. The number of para-hydroxylation sites is 1. The number of hydroxylamine groups is 1. The maximum absolute atomic E-state index is 11.5. The lowest BCUT2D eigenvalue weighted by atomic mass is 10.2. The quantitative estimate of drug-likeness (QED) is 0.660. The van der Waals surface area contributed by atoms with Crippen molar-refractivity contribution in [3.63, 3.8) is 0 Å². The first-order valence-electron chi connectivity index (χ1n) is 4.28. The molecule has 0 bridgehead atoms. The molecule has 0 saturated carbocycles. The Bertz CT molecular complexity index is 410. The van der Waals surface area contributed by atoms with Crippen molar-refractivity contribution in [2.24, 2.45) is 0 Å². The number of H-pyrrole nitrogens is 1. The van der Waals surface area contributed by atoms with Gasteiger partial charge in [-0.15, -0.1) is 0 Å². The summed E-state index contributed by atoms with van der Waals surface area (Å²) >= 11 is 0. The van der Waals surface area contributed by atoms with Gasteiger partial charge in [-0.2, -0.15) is 5.10 Å². The molecular formula is C9H11N3O. The third-order valence-electron chi connectivity index (χ3n) is 2.10. The highest BCUT2D eigenvalue weighted by Gasteiger charge is 2.07. The van der Waals surface area contributed by atoms with E-state index in [9.17, 15) is 5.21 Å². The molecule has 13 heavy (non-hydrogen) atoms. The van der Waals surface area contributed by atoms with Gasteiger partial charge in [0.2, 0.25) is 0 Å². The van der Waals surface area contributed by atoms with Crippen molar-refractivity contribution in [2.75, 3.05) is 6.54 Å². The number of benzene rings is 1. The first kappa shape index (κ1) is 8.22. The summed E-state index contributed by atoms with van der Waals surface area (Å²) in [5, 5.41) is 19.3. The van der Waals surface area contributed by atoms with Gasteiger partial charge in [0.25, 0.3) is 0 Å². The van der Waals surface area contributed by atoms with Crippen molar-refractivity contribution >= 4 is 16.6 Å². The molecule has 0 saturated heterocycles. The van der Waals surface area contributed by atoms with E-state index in [0.717, 1.165) is 16.6 Å². The summed E-state index contributed by atoms with van der Waals surface area (Å²) in [4.78, 5) is 0. The largest absolute Gasteiger partial charge is 0.629 e. The van der Waals surface area contributed by atoms with E-state index in [1.807, 2.05) is 25.1 Å². The van der Waals surface area contributed by atoms with Crippen molar-refractivity contribution in [1.82, 2.24) is 10.2 Å². The Kier molecular flexibility index (Phi) is 2.00. The van der Waals surface area contributed by atoms with Crippen LogP contribution in [0.5, 0.6) is 0 Å². The summed E-state index contributed by atoms with van der Waals surface area (Å²) in [5.41, 5.74) is 1.58. The van der Waals surface area contributed by atoms with Crippen molar-refractivity contribution < 1.29 is 5.06 Å². The van der Waals surface area contributed by atoms with Crippen molar-refractivity contribution in [3.8, 4) is 0 Å². The minimum Gasteiger partial charge on any atom is -0.629 e. The second-order valence-electron chi connectivity index (χ2n) is 2.92. The van der Waals surface area contributed by atoms with Crippen molar-refractivity contribution in [1.29, 1.82) is 0 Å². The van der Waals surface area contributed by atoms with Crippen LogP contribution in [-0.4, -0.2) is 16.7 Å². The van der Waals surface area contributed by atoms with Crippen LogP contribution in [0.15, 0.2) is 24.4 Å². The van der Waals surface area contributed by atoms with Crippen LogP contribution in [0.4, 0.5) is 5.69 Å². The van der Waals surface area contributed by atoms with Crippen molar-refractivity contribution in [2.45, 2.75) is 6.92 Å². The number of hydrogen-bond acceptors (Lipinski definition) is 2. The number of hydrogen-bond donors (Lipinski definition) is 2. The predicted molar refractivity (Wildman–Crippen MR) is 50.6 cm³/mol. The minimum atomic E-state index is 0.148. The number of aromatic amines is 1. The minimum absolute atomic E-state index is 0.148. The van der Waals surface area contributed by atoms with Crippen molar-refractivity contribution in [3.05, 3.63) is 29.6 Å². The lowest BCUT2D eigenvalue weighted by molar-refractivity contribution is -0.772. The number of aromatic nitrogens is 2. The molecule has 0 aliphatic carbocycles. The second kappa shape index (κ2) is 3.16. The number of fused-ring (bicyclic) bond motifs is 1. The molecule has 4 heteroatoms. The summed E-state index contributed by atoms with van der Waals surface area (Å²) in [7, 11) is 0. The topological polar surface area (TPSA) is 56.2 Å². The first-order valence-corrected chi connectivity index (χ1v) is 4.28. The summed E-state index contributed by atoms with van der Waals surface area (Å²) in [6.07, 6.45) is 1.72. The van der Waals surface area contributed by atoms with E-state index in [1.54, 1.807) is 6.20 Å². The molecule has 68 valence electrons. The molecule has 1 aromatic heterocycles. The SMILES string of the molecule is CC[NH+]([O-])c1cccc2cn[nH]c12. The molecule has 1 heterocycles. The summed E-state index contributed by atoms with van der Waals surface area (Å²) < 4.78 is 0. The van der Waals surface area contributed by atoms with Gasteiger partial charge in [0.1, 0.15) is 5.52 Å². The zero-order valence-corrected chi connectivity index (χ0v) is 7.37. The van der Waals surface area contributed by atoms with Gasteiger partial charge >= 0.3 is 0 Å². The van der Waals surface area contributed by atoms with Crippen LogP contribution >= 0.6 is 0 Å². The van der Waals surface area contributed by atoms with Gasteiger partial charge in [-0.3, -0.25) is 5.10 Å². The molecule has 0 aliphatic rings. The molecule has 0 spiro atoms. The molecule has 1 atom stereocenters. The fourth-order valence-corrected chi connectivity index (χ4v) is 1.39. The van der Waals surface area contributed by atoms with Gasteiger partial charge in [-0.25, -0.2) is 0 Å². The first-order chi connectivity index (χ1) is 6.33. The molecular weight excluding hydrogens is 166 g/mol. The zero-order chi connectivity index (χ0) is 9.26. The summed E-state index contributed by atoms with van der Waals surface area (Å²) in [6.45, 7) is 2.38. The molecule has 0 radical (unpaired) electrons. The van der Waals surface area contributed by atoms with Crippen LogP contribution in [0.3, 0.4) is 0 Å². The van der Waals surface area contributed by atoms with Crippen LogP contribution in [0.25, 0.3) is 10.9 Å². The van der Waals surface area contributed by atoms with Gasteiger partial charge in [0.05, 0.1) is 12.7 Å². The fourth-order valence-electron chi connectivity index (χ4n) is 1.39. The molecule has 2 aromatic rings. The van der Waals surface area contributed by atoms with E-state index in [2.05, 4.69) is 10.2 Å². The van der Waals surface area contributed by atoms with Crippen LogP contribution in [0.1, 0.15) is 6.92 Å². The Balaban J connectivity index is 2.60. The molecule has 1 aromatic carbocycles. The number of nitrogens with zero attached hydrogens (tertiary/aromatic N) is 1. The average molecular weight is 177 g/mol. The van der Waals surface area contributed by atoms with E-state index >= 15 is 0 Å². The standard InChI is InChI=1S/C9H11N3O/c1-2-12(13)8-5-3-4-7-6-10-11-9(7)8/h3-6,12H,2H2,1H3,(H,10,11). The molecule has 2 N–H and O–H groups in total. The molecule has 0 fully saturated rings. The van der Waals surface area contributed by atoms with E-state index in [1.165, 1.54) is 0 Å². The second-order valence-corrected chi connectivity index (χ2v) is 2.92. The van der Waals surface area contributed by atoms with Crippen LogP contribution in [0.2, 0.25) is 0 Å². The lowest BCUT2D eigenvalue weighted by Crippen LogP contribution is -3.01. The van der Waals surface area contributed by atoms with E-state index in [0.29, 0.717) is 6.54 Å². The highest BCUT2D eigenvalue weighted by Crippen LogP contribution is 2.16. The molecule has 2 rings (SSSR count). The van der Waals surface area contributed by atoms with Gasteiger partial charge in [0, 0.05) is 11.5 Å². The Morgan fingerprint density at radius 1 is 1.54 bits per heavy atom. The monoisotopic (exact) mass is 177 g/mol. The van der Waals surface area contributed by atoms with Gasteiger partial charge in [-0.05, 0) is 6.92 Å². The van der Waals surface area contributed by atoms with Crippen LogP contribution in [-0.2, 0) is 0 Å². The van der Waals surface area contributed by atoms with Gasteiger partial charge in [0.15, 0.2) is 5.69 Å². The van der Waals surface area contributed by atoms with Crippen LogP contribution < -0.4 is 5.06 Å². The third kappa shape index (κ3) is 1.30. The third-order valence-corrected chi connectivity index (χ3v) is 2.10. The highest BCUT2D eigenvalue weighted by atomic mass is 16.5. The smallest absolute Gasteiger partial charge is 0.157 e. The number of rotatable bonds is 2. The molecule has 0 aliphatic heterocycles. The maximum atomic E-state index is 11.5. The van der Waals surface area contributed by atoms with E-state index < -0.39 is 0 Å². The Hall–Kier alpha value is -1.39. The molecule has 1 unspecified atom stereocenters. The van der Waals surface area contributed by atoms with Crippen LogP contribution in [0, 0.1) is 5.21 Å². The molecule has 0 amide bonds. The zero-order valence-electron chi connectivity index (χ0n) is 7.37. The Labute approximate surface area is 75.7 Å². The summed E-state index contributed by atoms with van der Waals surface area (Å²) in [5.74, 6) is 0. The van der Waals surface area contributed by atoms with Gasteiger partial charge in [-0.1, -0.05) is 12.1 Å². The average Bonchev–Trinajstić information content (AvgIpc) is 2.63. The molecule has 4 nitrogen and oxygen atoms in total. The fraction of sp³-hybridized carbons (Fsp3) is 0.222. The van der Waals surface area contributed by atoms with Gasteiger partial charge < -0.3 is 10.3 Å². The Morgan fingerprint density at radius 3 is 3.15 bits per heavy atom. The summed E-state index contributed by atoms with van der Waals surface area (Å²) in [6, 6.07) is 5.64.